The first-order valence-corrected chi connectivity index (χ1v) is 10.2. The van der Waals surface area contributed by atoms with Gasteiger partial charge in [-0.15, -0.1) is 0 Å². The second-order valence-corrected chi connectivity index (χ2v) is 7.47. The number of rotatable bonds is 5. The van der Waals surface area contributed by atoms with Crippen molar-refractivity contribution in [2.24, 2.45) is 0 Å². The summed E-state index contributed by atoms with van der Waals surface area (Å²) in [7, 11) is 2.12. The van der Waals surface area contributed by atoms with Gasteiger partial charge in [0.1, 0.15) is 11.6 Å². The Morgan fingerprint density at radius 2 is 1.87 bits per heavy atom. The highest BCUT2D eigenvalue weighted by molar-refractivity contribution is 6.36. The normalized spacial score (nSPS) is 14.3. The fraction of sp³-hybridized carbons (Fsp3) is 0.350. The van der Waals surface area contributed by atoms with Crippen LogP contribution in [-0.2, 0) is 11.3 Å². The van der Waals surface area contributed by atoms with Gasteiger partial charge in [-0.3, -0.25) is 0 Å². The van der Waals surface area contributed by atoms with Gasteiger partial charge in [0.25, 0.3) is 0 Å². The minimum absolute atomic E-state index is 0.249. The van der Waals surface area contributed by atoms with Crippen LogP contribution in [0.3, 0.4) is 0 Å². The van der Waals surface area contributed by atoms with Gasteiger partial charge in [0.05, 0.1) is 0 Å². The average Bonchev–Trinajstić information content (AvgIpc) is 2.68. The predicted molar refractivity (Wildman–Crippen MR) is 122 cm³/mol. The van der Waals surface area contributed by atoms with Crippen LogP contribution in [-0.4, -0.2) is 59.2 Å². The molecule has 2 aromatic rings. The summed E-state index contributed by atoms with van der Waals surface area (Å²) < 4.78 is 0. The molecule has 0 unspecified atom stereocenters. The fourth-order valence-electron chi connectivity index (χ4n) is 2.76. The number of carbonyl (C=O) groups is 1. The SMILES string of the molecule is C/C=C\C(=O)O.CN1CCN(c2cc(NCc3c(Cl)cccc3Cl)nc(N)n2)CC1. The molecule has 4 N–H and O–H groups in total. The molecule has 1 saturated heterocycles. The van der Waals surface area contributed by atoms with Gasteiger partial charge in [-0.1, -0.05) is 35.3 Å². The van der Waals surface area contributed by atoms with E-state index in [9.17, 15) is 4.79 Å². The highest BCUT2D eigenvalue weighted by Gasteiger charge is 2.17. The number of likely N-dealkylation sites (N-methyl/N-ethyl adjacent to an activating group) is 1. The van der Waals surface area contributed by atoms with Crippen LogP contribution in [0.5, 0.6) is 0 Å². The number of allylic oxidation sites excluding steroid dienone is 1. The molecule has 1 aliphatic heterocycles. The zero-order valence-electron chi connectivity index (χ0n) is 17.0. The molecule has 1 aliphatic rings. The Labute approximate surface area is 186 Å². The number of carboxylic acid groups (broad SMARTS) is 1. The van der Waals surface area contributed by atoms with Crippen molar-refractivity contribution in [3.8, 4) is 0 Å². The van der Waals surface area contributed by atoms with Crippen LogP contribution in [0.4, 0.5) is 17.6 Å². The smallest absolute Gasteiger partial charge is 0.327 e. The lowest BCUT2D eigenvalue weighted by Gasteiger charge is -2.33. The maximum atomic E-state index is 9.51. The van der Waals surface area contributed by atoms with Gasteiger partial charge in [0, 0.05) is 60.5 Å². The number of nitrogen functional groups attached to an aromatic ring is 1. The first kappa shape index (κ1) is 23.7. The third-order valence-corrected chi connectivity index (χ3v) is 5.08. The molecule has 0 aliphatic carbocycles. The summed E-state index contributed by atoms with van der Waals surface area (Å²) in [6, 6.07) is 7.36. The molecule has 0 bridgehead atoms. The zero-order valence-corrected chi connectivity index (χ0v) is 18.5. The summed E-state index contributed by atoms with van der Waals surface area (Å²) in [4.78, 5) is 22.6. The standard InChI is InChI=1S/C16H20Cl2N6.C4H6O2/c1-23-5-7-24(8-6-23)15-9-14(21-16(19)22-15)20-10-11-12(17)3-2-4-13(11)18;1-2-3-4(5)6/h2-4,9H,5-8,10H2,1H3,(H3,19,20,21,22);2-3H,1H3,(H,5,6)/b;3-2-. The number of benzene rings is 1. The molecule has 1 fully saturated rings. The van der Waals surface area contributed by atoms with E-state index in [4.69, 9.17) is 34.0 Å². The van der Waals surface area contributed by atoms with E-state index in [0.717, 1.165) is 43.6 Å². The topological polar surface area (TPSA) is 108 Å². The second-order valence-electron chi connectivity index (χ2n) is 6.65. The van der Waals surface area contributed by atoms with Crippen LogP contribution in [0.2, 0.25) is 10.0 Å². The van der Waals surface area contributed by atoms with Crippen molar-refractivity contribution in [2.45, 2.75) is 13.5 Å². The molecule has 0 atom stereocenters. The van der Waals surface area contributed by atoms with E-state index >= 15 is 0 Å². The first-order chi connectivity index (χ1) is 14.3. The maximum absolute atomic E-state index is 9.51. The Kier molecular flexibility index (Phi) is 9.16. The number of anilines is 3. The van der Waals surface area contributed by atoms with Crippen molar-refractivity contribution in [1.82, 2.24) is 14.9 Å². The second kappa shape index (κ2) is 11.6. The van der Waals surface area contributed by atoms with Crippen molar-refractivity contribution < 1.29 is 9.90 Å². The first-order valence-electron chi connectivity index (χ1n) is 9.40. The molecule has 0 radical (unpaired) electrons. The highest BCUT2D eigenvalue weighted by Crippen LogP contribution is 2.26. The third-order valence-electron chi connectivity index (χ3n) is 4.37. The van der Waals surface area contributed by atoms with Gasteiger partial charge in [-0.05, 0) is 26.1 Å². The number of carboxylic acids is 1. The summed E-state index contributed by atoms with van der Waals surface area (Å²) in [6.45, 7) is 5.97. The zero-order chi connectivity index (χ0) is 22.1. The van der Waals surface area contributed by atoms with Gasteiger partial charge in [-0.2, -0.15) is 9.97 Å². The minimum Gasteiger partial charge on any atom is -0.478 e. The Hall–Kier alpha value is -2.55. The van der Waals surface area contributed by atoms with E-state index in [1.807, 2.05) is 24.3 Å². The van der Waals surface area contributed by atoms with Crippen molar-refractivity contribution in [1.29, 1.82) is 0 Å². The van der Waals surface area contributed by atoms with Crippen LogP contribution < -0.4 is 16.0 Å². The Morgan fingerprint density at radius 1 is 1.23 bits per heavy atom. The Morgan fingerprint density at radius 3 is 2.40 bits per heavy atom. The third kappa shape index (κ3) is 7.37. The van der Waals surface area contributed by atoms with Crippen molar-refractivity contribution >= 4 is 46.8 Å². The van der Waals surface area contributed by atoms with Gasteiger partial charge < -0.3 is 26.0 Å². The number of nitrogens with two attached hydrogens (primary N) is 1. The summed E-state index contributed by atoms with van der Waals surface area (Å²) in [6.07, 6.45) is 2.56. The molecule has 162 valence electrons. The molecule has 0 amide bonds. The van der Waals surface area contributed by atoms with E-state index in [1.165, 1.54) is 6.08 Å². The lowest BCUT2D eigenvalue weighted by atomic mass is 10.2. The summed E-state index contributed by atoms with van der Waals surface area (Å²) in [5.74, 6) is 0.854. The summed E-state index contributed by atoms with van der Waals surface area (Å²) >= 11 is 12.4. The molecule has 2 heterocycles. The predicted octanol–water partition coefficient (Wildman–Crippen LogP) is 3.38. The minimum atomic E-state index is -0.891. The van der Waals surface area contributed by atoms with Crippen LogP contribution in [0, 0.1) is 0 Å². The number of aliphatic carboxylic acids is 1. The lowest BCUT2D eigenvalue weighted by Crippen LogP contribution is -2.44. The number of nitrogens with zero attached hydrogens (tertiary/aromatic N) is 4. The van der Waals surface area contributed by atoms with Gasteiger partial charge >= 0.3 is 5.97 Å². The van der Waals surface area contributed by atoms with E-state index in [-0.39, 0.29) is 5.95 Å². The van der Waals surface area contributed by atoms with E-state index in [1.54, 1.807) is 6.92 Å². The number of hydrogen-bond donors (Lipinski definition) is 3. The molecule has 10 heteroatoms. The molecular weight excluding hydrogens is 427 g/mol. The molecule has 30 heavy (non-hydrogen) atoms. The van der Waals surface area contributed by atoms with E-state index in [2.05, 4.69) is 32.1 Å². The largest absolute Gasteiger partial charge is 0.478 e. The van der Waals surface area contributed by atoms with Crippen LogP contribution >= 0.6 is 23.2 Å². The lowest BCUT2D eigenvalue weighted by molar-refractivity contribution is -0.131. The molecule has 1 aromatic heterocycles. The van der Waals surface area contributed by atoms with Gasteiger partial charge in [0.2, 0.25) is 5.95 Å². The number of aromatic nitrogens is 2. The van der Waals surface area contributed by atoms with Crippen LogP contribution in [0.15, 0.2) is 36.4 Å². The highest BCUT2D eigenvalue weighted by atomic mass is 35.5. The number of nitrogens with one attached hydrogen (secondary N) is 1. The van der Waals surface area contributed by atoms with Crippen LogP contribution in [0.1, 0.15) is 12.5 Å². The van der Waals surface area contributed by atoms with Gasteiger partial charge in [0.15, 0.2) is 0 Å². The summed E-state index contributed by atoms with van der Waals surface area (Å²) in [5, 5.41) is 12.3. The molecule has 0 saturated carbocycles. The van der Waals surface area contributed by atoms with Crippen molar-refractivity contribution in [3.63, 3.8) is 0 Å². The molecule has 1 aromatic carbocycles. The Bertz CT molecular complexity index is 865. The number of piperazine rings is 1. The molecule has 3 rings (SSSR count). The van der Waals surface area contributed by atoms with E-state index < -0.39 is 5.97 Å². The molecule has 8 nitrogen and oxygen atoms in total. The van der Waals surface area contributed by atoms with Crippen molar-refractivity contribution in [3.05, 3.63) is 52.0 Å². The average molecular weight is 453 g/mol. The monoisotopic (exact) mass is 452 g/mol. The maximum Gasteiger partial charge on any atom is 0.327 e. The van der Waals surface area contributed by atoms with E-state index in [0.29, 0.717) is 22.4 Å². The van der Waals surface area contributed by atoms with Crippen molar-refractivity contribution in [2.75, 3.05) is 49.2 Å². The number of halogens is 2. The Balaban J connectivity index is 0.000000469. The molecule has 0 spiro atoms. The van der Waals surface area contributed by atoms with Gasteiger partial charge in [-0.25, -0.2) is 4.79 Å². The summed E-state index contributed by atoms with van der Waals surface area (Å²) in [5.41, 5.74) is 6.70. The van der Waals surface area contributed by atoms with Crippen LogP contribution in [0.25, 0.3) is 0 Å². The quantitative estimate of drug-likeness (QED) is 0.592. The number of hydrogen-bond acceptors (Lipinski definition) is 7. The fourth-order valence-corrected chi connectivity index (χ4v) is 3.29. The molecular formula is C20H26Cl2N6O2.